The van der Waals surface area contributed by atoms with Gasteiger partial charge in [-0.2, -0.15) is 0 Å². The van der Waals surface area contributed by atoms with Crippen LogP contribution in [0, 0.1) is 0 Å². The lowest BCUT2D eigenvalue weighted by atomic mass is 10.0. The van der Waals surface area contributed by atoms with Gasteiger partial charge in [-0.05, 0) is 19.0 Å². The van der Waals surface area contributed by atoms with E-state index in [4.69, 9.17) is 11.5 Å². The van der Waals surface area contributed by atoms with E-state index in [1.165, 1.54) is 6.07 Å². The molecule has 0 radical (unpaired) electrons. The van der Waals surface area contributed by atoms with E-state index in [9.17, 15) is 8.78 Å². The van der Waals surface area contributed by atoms with Gasteiger partial charge in [0.2, 0.25) is 0 Å². The molecule has 1 aromatic rings. The Labute approximate surface area is 103 Å². The van der Waals surface area contributed by atoms with E-state index in [-0.39, 0.29) is 23.9 Å². The molecule has 0 bridgehead atoms. The maximum atomic E-state index is 12.9. The number of para-hydroxylation sites is 1. The Balaban J connectivity index is 0.00000144. The van der Waals surface area contributed by atoms with Crippen LogP contribution in [0.2, 0.25) is 0 Å². The minimum Gasteiger partial charge on any atom is -0.395 e. The predicted molar refractivity (Wildman–Crippen MR) is 60.5 cm³/mol. The third kappa shape index (κ3) is 2.77. The summed E-state index contributed by atoms with van der Waals surface area (Å²) in [6.45, 7) is 0.377. The van der Waals surface area contributed by atoms with Gasteiger partial charge in [-0.1, -0.05) is 12.1 Å². The molecule has 0 amide bonds. The summed E-state index contributed by atoms with van der Waals surface area (Å²) in [4.78, 5) is 0. The van der Waals surface area contributed by atoms with E-state index in [2.05, 4.69) is 9.47 Å². The van der Waals surface area contributed by atoms with Crippen molar-refractivity contribution in [2.24, 2.45) is 11.5 Å². The van der Waals surface area contributed by atoms with E-state index >= 15 is 0 Å². The molecule has 0 aliphatic carbocycles. The van der Waals surface area contributed by atoms with Crippen LogP contribution in [0.25, 0.3) is 0 Å². The Hall–Kier alpha value is -1.11. The van der Waals surface area contributed by atoms with Crippen molar-refractivity contribution < 1.29 is 18.3 Å². The molecule has 2 rings (SSSR count). The zero-order chi connectivity index (χ0) is 11.8. The zero-order valence-electron chi connectivity index (χ0n) is 8.86. The molecule has 4 nitrogen and oxygen atoms in total. The summed E-state index contributed by atoms with van der Waals surface area (Å²) in [6, 6.07) is 4.20. The number of ether oxygens (including phenoxy) is 2. The molecule has 0 aromatic heterocycles. The second-order valence-corrected chi connectivity index (χ2v) is 3.53. The fourth-order valence-electron chi connectivity index (χ4n) is 1.62. The van der Waals surface area contributed by atoms with Crippen LogP contribution in [0.4, 0.5) is 8.78 Å². The number of fused-ring (bicyclic) bond motifs is 1. The minimum absolute atomic E-state index is 0. The Kier molecular flexibility index (Phi) is 4.13. The van der Waals surface area contributed by atoms with Gasteiger partial charge < -0.3 is 20.9 Å². The van der Waals surface area contributed by atoms with Gasteiger partial charge in [-0.3, -0.25) is 0 Å². The van der Waals surface area contributed by atoms with Crippen molar-refractivity contribution in [3.8, 4) is 11.5 Å². The summed E-state index contributed by atoms with van der Waals surface area (Å²) in [5, 5.41) is 0. The van der Waals surface area contributed by atoms with E-state index in [1.54, 1.807) is 12.1 Å². The normalized spacial score (nSPS) is 17.4. The summed E-state index contributed by atoms with van der Waals surface area (Å²) in [7, 11) is 0. The Morgan fingerprint density at radius 2 is 2.00 bits per heavy atom. The topological polar surface area (TPSA) is 70.5 Å². The van der Waals surface area contributed by atoms with E-state index < -0.39 is 12.3 Å². The van der Waals surface area contributed by atoms with Gasteiger partial charge in [0, 0.05) is 11.6 Å². The van der Waals surface area contributed by atoms with Crippen molar-refractivity contribution in [2.75, 3.05) is 6.54 Å². The fraction of sp³-hybridized carbons (Fsp3) is 0.400. The molecule has 1 aliphatic heterocycles. The van der Waals surface area contributed by atoms with Crippen molar-refractivity contribution in [1.29, 1.82) is 0 Å². The zero-order valence-corrected chi connectivity index (χ0v) is 9.68. The number of halogens is 3. The lowest BCUT2D eigenvalue weighted by Crippen LogP contribution is -2.26. The average molecular weight is 267 g/mol. The van der Waals surface area contributed by atoms with E-state index in [0.29, 0.717) is 18.5 Å². The number of hydrogen-bond donors (Lipinski definition) is 2. The Morgan fingerprint density at radius 1 is 1.29 bits per heavy atom. The second-order valence-electron chi connectivity index (χ2n) is 3.53. The van der Waals surface area contributed by atoms with Crippen LogP contribution < -0.4 is 20.9 Å². The van der Waals surface area contributed by atoms with Crippen LogP contribution in [0.15, 0.2) is 18.2 Å². The molecule has 1 aromatic carbocycles. The highest BCUT2D eigenvalue weighted by Gasteiger charge is 2.44. The number of alkyl halides is 2. The van der Waals surface area contributed by atoms with E-state index in [1.807, 2.05) is 0 Å². The lowest BCUT2D eigenvalue weighted by Gasteiger charge is -2.13. The predicted octanol–water partition coefficient (Wildman–Crippen LogP) is 1.78. The summed E-state index contributed by atoms with van der Waals surface area (Å²) < 4.78 is 34.4. The number of rotatable bonds is 3. The molecule has 4 N–H and O–H groups in total. The second kappa shape index (κ2) is 5.03. The Morgan fingerprint density at radius 3 is 2.65 bits per heavy atom. The van der Waals surface area contributed by atoms with Crippen molar-refractivity contribution in [3.63, 3.8) is 0 Å². The highest BCUT2D eigenvalue weighted by atomic mass is 35.5. The summed E-state index contributed by atoms with van der Waals surface area (Å²) in [6.07, 6.45) is -3.12. The molecular weight excluding hydrogens is 254 g/mol. The van der Waals surface area contributed by atoms with Gasteiger partial charge in [0.15, 0.2) is 11.5 Å². The van der Waals surface area contributed by atoms with Gasteiger partial charge in [-0.25, -0.2) is 0 Å². The molecule has 0 saturated heterocycles. The summed E-state index contributed by atoms with van der Waals surface area (Å²) in [5.74, 6) is 0.0171. The smallest absolute Gasteiger partial charge is 0.395 e. The number of nitrogens with two attached hydrogens (primary N) is 2. The highest BCUT2D eigenvalue weighted by molar-refractivity contribution is 5.85. The molecule has 1 atom stereocenters. The van der Waals surface area contributed by atoms with Crippen LogP contribution in [0.1, 0.15) is 18.0 Å². The average Bonchev–Trinajstić information content (AvgIpc) is 2.51. The fourth-order valence-corrected chi connectivity index (χ4v) is 1.62. The molecule has 0 saturated carbocycles. The maximum absolute atomic E-state index is 12.9. The first kappa shape index (κ1) is 14.0. The monoisotopic (exact) mass is 266 g/mol. The van der Waals surface area contributed by atoms with Crippen molar-refractivity contribution in [1.82, 2.24) is 0 Å². The first-order chi connectivity index (χ1) is 7.53. The van der Waals surface area contributed by atoms with Gasteiger partial charge in [0.1, 0.15) is 0 Å². The first-order valence-electron chi connectivity index (χ1n) is 4.88. The van der Waals surface area contributed by atoms with Crippen molar-refractivity contribution in [3.05, 3.63) is 23.8 Å². The van der Waals surface area contributed by atoms with Crippen molar-refractivity contribution in [2.45, 2.75) is 18.8 Å². The number of hydrogen-bond acceptors (Lipinski definition) is 4. The molecule has 7 heteroatoms. The molecule has 96 valence electrons. The van der Waals surface area contributed by atoms with Crippen LogP contribution in [0.5, 0.6) is 11.5 Å². The van der Waals surface area contributed by atoms with Crippen LogP contribution >= 0.6 is 12.4 Å². The quantitative estimate of drug-likeness (QED) is 0.875. The number of benzene rings is 1. The third-order valence-electron chi connectivity index (χ3n) is 2.34. The summed E-state index contributed by atoms with van der Waals surface area (Å²) >= 11 is 0. The lowest BCUT2D eigenvalue weighted by molar-refractivity contribution is -0.287. The van der Waals surface area contributed by atoms with E-state index in [0.717, 1.165) is 0 Å². The molecule has 0 unspecified atom stereocenters. The molecule has 17 heavy (non-hydrogen) atoms. The summed E-state index contributed by atoms with van der Waals surface area (Å²) in [5.41, 5.74) is 11.7. The Bertz CT molecular complexity index is 404. The molecule has 0 spiro atoms. The minimum atomic E-state index is -3.61. The first-order valence-corrected chi connectivity index (χ1v) is 4.88. The van der Waals surface area contributed by atoms with Crippen LogP contribution in [-0.2, 0) is 0 Å². The highest BCUT2D eigenvalue weighted by Crippen LogP contribution is 2.44. The third-order valence-corrected chi connectivity index (χ3v) is 2.34. The van der Waals surface area contributed by atoms with Crippen LogP contribution in [-0.4, -0.2) is 12.8 Å². The van der Waals surface area contributed by atoms with Gasteiger partial charge in [0.05, 0.1) is 0 Å². The standard InChI is InChI=1S/C10H12F2N2O2.ClH/c11-10(12)15-8-3-1-2-6(9(8)16-10)7(14)4-5-13;/h1-3,7H,4-5,13-14H2;1H/t7-;/m0./s1. The van der Waals surface area contributed by atoms with Gasteiger partial charge >= 0.3 is 6.29 Å². The largest absolute Gasteiger partial charge is 0.586 e. The molecule has 1 aliphatic rings. The van der Waals surface area contributed by atoms with Crippen LogP contribution in [0.3, 0.4) is 0 Å². The SMILES string of the molecule is Cl.NCC[C@H](N)c1cccc2c1OC(F)(F)O2. The van der Waals surface area contributed by atoms with Gasteiger partial charge in [-0.15, -0.1) is 21.2 Å². The molecular formula is C10H13ClF2N2O2. The maximum Gasteiger partial charge on any atom is 0.586 e. The molecule has 1 heterocycles. The van der Waals surface area contributed by atoms with Crippen molar-refractivity contribution >= 4 is 12.4 Å². The van der Waals surface area contributed by atoms with Gasteiger partial charge in [0.25, 0.3) is 0 Å². The molecule has 0 fully saturated rings.